The van der Waals surface area contributed by atoms with Gasteiger partial charge in [-0.25, -0.2) is 14.4 Å². The molecule has 4 aromatic carbocycles. The number of carbonyl (C=O) groups excluding carboxylic acids is 8. The number of unbranched alkanes of at least 4 members (excludes halogenated alkanes) is 1. The average Bonchev–Trinajstić information content (AvgIpc) is 1.45. The predicted octanol–water partition coefficient (Wildman–Crippen LogP) is 3.12. The number of hydrogen-bond donors (Lipinski definition) is 12. The molecule has 28 nitrogen and oxygen atoms in total. The van der Waals surface area contributed by atoms with Crippen molar-refractivity contribution in [3.63, 3.8) is 0 Å². The number of aliphatic imine (C=N–C) groups is 1. The molecule has 1 aliphatic heterocycles. The van der Waals surface area contributed by atoms with Crippen molar-refractivity contribution in [3.8, 4) is 23.0 Å². The van der Waals surface area contributed by atoms with Gasteiger partial charge in [0.1, 0.15) is 48.6 Å². The first kappa shape index (κ1) is 67.1. The molecule has 1 unspecified atom stereocenters. The smallest absolute Gasteiger partial charge is 0.415 e. The number of allylic oxidation sites excluding steroid dienone is 1. The highest BCUT2D eigenvalue weighted by atomic mass is 16.6. The Hall–Kier alpha value is -10.4. The number of rotatable bonds is 30. The Morgan fingerprint density at radius 1 is 0.778 bits per heavy atom. The molecule has 6 atom stereocenters. The Balaban J connectivity index is 0.996. The van der Waals surface area contributed by atoms with Gasteiger partial charge in [0.2, 0.25) is 29.5 Å². The van der Waals surface area contributed by atoms with Crippen molar-refractivity contribution in [1.82, 2.24) is 42.1 Å². The number of anilines is 1. The lowest BCUT2D eigenvalue weighted by Crippen LogP contribution is -2.61. The molecule has 480 valence electrons. The molecular weight excluding hydrogens is 1160 g/mol. The minimum atomic E-state index is -1.42. The van der Waals surface area contributed by atoms with Gasteiger partial charge in [-0.1, -0.05) is 42.5 Å². The third kappa shape index (κ3) is 17.9. The van der Waals surface area contributed by atoms with Crippen LogP contribution in [0.5, 0.6) is 23.0 Å². The van der Waals surface area contributed by atoms with E-state index in [9.17, 15) is 38.4 Å². The molecule has 7 rings (SSSR count). The fourth-order valence-corrected chi connectivity index (χ4v) is 10.8. The summed E-state index contributed by atoms with van der Waals surface area (Å²) in [5, 5.41) is 36.1. The first-order valence-electron chi connectivity index (χ1n) is 29.2. The number of hydrogen-bond acceptors (Lipinski definition) is 17. The summed E-state index contributed by atoms with van der Waals surface area (Å²) in [4.78, 5) is 113. The number of esters is 1. The van der Waals surface area contributed by atoms with Crippen LogP contribution in [0.15, 0.2) is 108 Å². The number of alkyl carbamates (subject to hydrolysis) is 1. The van der Waals surface area contributed by atoms with Crippen molar-refractivity contribution >= 4 is 71.0 Å². The van der Waals surface area contributed by atoms with Gasteiger partial charge in [0.05, 0.1) is 31.2 Å². The number of likely N-dealkylation sites (N-methyl/N-ethyl adjacent to an activating group) is 1. The zero-order chi connectivity index (χ0) is 64.9. The van der Waals surface area contributed by atoms with E-state index in [0.29, 0.717) is 35.8 Å². The fourth-order valence-electron chi connectivity index (χ4n) is 10.8. The second kappa shape index (κ2) is 32.0. The number of amides is 7. The van der Waals surface area contributed by atoms with E-state index in [0.717, 1.165) is 27.3 Å². The van der Waals surface area contributed by atoms with E-state index in [1.807, 2.05) is 25.1 Å². The van der Waals surface area contributed by atoms with Crippen LogP contribution in [0, 0.1) is 23.7 Å². The van der Waals surface area contributed by atoms with Crippen LogP contribution in [0.1, 0.15) is 78.9 Å². The maximum absolute atomic E-state index is 14.5. The number of guanidine groups is 2. The molecule has 14 N–H and O–H groups in total. The summed E-state index contributed by atoms with van der Waals surface area (Å²) in [5.74, 6) is -2.47. The molecule has 28 heteroatoms. The highest BCUT2D eigenvalue weighted by Crippen LogP contribution is 2.64. The number of aryl methyl sites for hydroxylation is 1. The number of ether oxygens (including phenoxy) is 6. The normalized spacial score (nSPS) is 17.1. The van der Waals surface area contributed by atoms with Crippen molar-refractivity contribution in [2.24, 2.45) is 22.4 Å². The quantitative estimate of drug-likeness (QED) is 0.0117. The number of benzene rings is 4. The fraction of sp³-hybridized carbons (Fsp3) is 0.403. The monoisotopic (exact) mass is 1240 g/mol. The van der Waals surface area contributed by atoms with E-state index in [2.05, 4.69) is 47.5 Å². The first-order valence-corrected chi connectivity index (χ1v) is 29.2. The van der Waals surface area contributed by atoms with Gasteiger partial charge < -0.3 is 82.4 Å². The molecule has 0 bridgehead atoms. The van der Waals surface area contributed by atoms with Gasteiger partial charge in [0, 0.05) is 76.0 Å². The van der Waals surface area contributed by atoms with Gasteiger partial charge in [-0.05, 0) is 105 Å². The van der Waals surface area contributed by atoms with Crippen molar-refractivity contribution in [2.45, 2.75) is 95.0 Å². The number of nitrogens with one attached hydrogen (secondary N) is 10. The number of nitrogens with zero attached hydrogens (tertiary/aromatic N) is 2. The van der Waals surface area contributed by atoms with Crippen molar-refractivity contribution in [3.05, 3.63) is 125 Å². The van der Waals surface area contributed by atoms with Crippen LogP contribution in [0.3, 0.4) is 0 Å². The summed E-state index contributed by atoms with van der Waals surface area (Å²) < 4.78 is 35.2. The van der Waals surface area contributed by atoms with Crippen LogP contribution in [0.4, 0.5) is 15.3 Å². The van der Waals surface area contributed by atoms with E-state index in [-0.39, 0.29) is 99.9 Å². The third-order valence-corrected chi connectivity index (χ3v) is 15.3. The Morgan fingerprint density at radius 3 is 2.20 bits per heavy atom. The van der Waals surface area contributed by atoms with E-state index in [1.165, 1.54) is 32.2 Å². The highest BCUT2D eigenvalue weighted by Gasteiger charge is 2.66. The van der Waals surface area contributed by atoms with Gasteiger partial charge in [0.25, 0.3) is 0 Å². The van der Waals surface area contributed by atoms with Crippen LogP contribution >= 0.6 is 0 Å². The van der Waals surface area contributed by atoms with Gasteiger partial charge in [0.15, 0.2) is 29.5 Å². The summed E-state index contributed by atoms with van der Waals surface area (Å²) in [6.07, 6.45) is 1.19. The lowest BCUT2D eigenvalue weighted by Gasteiger charge is -2.53. The van der Waals surface area contributed by atoms with Crippen LogP contribution < -0.4 is 72.9 Å². The Labute approximate surface area is 520 Å². The number of methoxy groups -OCH3 is 1. The molecule has 4 aromatic rings. The topological polar surface area (TPSA) is 404 Å². The molecule has 7 amide bonds. The molecule has 2 aliphatic carbocycles. The lowest BCUT2D eigenvalue weighted by atomic mass is 9.50. The number of nitrogens with two attached hydrogens (primary N) is 2. The van der Waals surface area contributed by atoms with Crippen molar-refractivity contribution in [1.29, 1.82) is 10.8 Å². The molecule has 1 heterocycles. The zero-order valence-corrected chi connectivity index (χ0v) is 50.8. The number of fused-ring (bicyclic) bond motifs is 1. The number of carbonyl (C=O) groups is 8. The molecule has 0 saturated heterocycles. The Bertz CT molecular complexity index is 3350. The van der Waals surface area contributed by atoms with Crippen LogP contribution in [0.2, 0.25) is 0 Å². The summed E-state index contributed by atoms with van der Waals surface area (Å²) in [6.45, 7) is 2.46. The van der Waals surface area contributed by atoms with E-state index >= 15 is 0 Å². The summed E-state index contributed by atoms with van der Waals surface area (Å²) in [5.41, 5.74) is 14.6. The lowest BCUT2D eigenvalue weighted by molar-refractivity contribution is -0.130. The van der Waals surface area contributed by atoms with Crippen LogP contribution in [-0.4, -0.2) is 155 Å². The summed E-state index contributed by atoms with van der Waals surface area (Å²) in [7, 11) is 4.63. The van der Waals surface area contributed by atoms with E-state index in [1.54, 1.807) is 74.8 Å². The standard InChI is InChI=1S/C62H78N14O14/c1-36-19-25-48(85-5)52-51(36)62-32-46(67-3)43(62)24-26-49(53(62)90-52)89-61(84)76(4)47(33-72-55(80)44(18-12-28-70-58(63)64)74-50(78)34-71-37(2)77)56(81)68-27-10-9-17-45(75-60(83)87-35-38-13-7-6-8-14-38)54(79)69-29-30-86-41-22-20-39(21-23-41)57(82)88-42-16-11-15-40(31-42)73-59(65)66/h6-8,11,13-16,19-23,25-26,31,43-45,47,53H,9-10,12,17-18,24,27-30,32-35H2,1-5H3,(H,68,81)(H,69,79)(H,71,77)(H,72,80)(H,74,78)(H,75,83)(H4,63,64,70)(H4,65,66,73)/b67-46+/t43-,44-,45-,47?,53-,62-/m0/s1. The summed E-state index contributed by atoms with van der Waals surface area (Å²) >= 11 is 0. The molecule has 1 saturated carbocycles. The maximum atomic E-state index is 14.5. The van der Waals surface area contributed by atoms with Crippen molar-refractivity contribution < 1.29 is 66.8 Å². The molecular formula is C62H78N14O14. The largest absolute Gasteiger partial charge is 0.493 e. The van der Waals surface area contributed by atoms with Gasteiger partial charge >= 0.3 is 18.2 Å². The predicted molar refractivity (Wildman–Crippen MR) is 331 cm³/mol. The molecule has 3 aliphatic rings. The summed E-state index contributed by atoms with van der Waals surface area (Å²) in [6, 6.07) is 21.5. The molecule has 90 heavy (non-hydrogen) atoms. The first-order chi connectivity index (χ1) is 43.2. The molecule has 0 aromatic heterocycles. The van der Waals surface area contributed by atoms with Crippen LogP contribution in [0.25, 0.3) is 0 Å². The SMILES string of the molecule is C/N=C1\C[C@]23c4c(C)ccc(OC)c4O[C@H]2C(OC(=O)N(C)C(CNC(=O)[C@H](CCCNC(=N)N)NC(=O)CNC(C)=O)C(=O)NCCCC[C@H](NC(=O)OCc2ccccc2)C(=O)NCCOc2ccc(C(=O)Oc4cccc(NC(=N)N)c4)cc2)=CC[C@@H]13. The van der Waals surface area contributed by atoms with Crippen molar-refractivity contribution in [2.75, 3.05) is 65.9 Å². The van der Waals surface area contributed by atoms with Gasteiger partial charge in [-0.2, -0.15) is 0 Å². The Morgan fingerprint density at radius 2 is 1.49 bits per heavy atom. The average molecular weight is 1240 g/mol. The van der Waals surface area contributed by atoms with Gasteiger partial charge in [-0.15, -0.1) is 0 Å². The third-order valence-electron chi connectivity index (χ3n) is 15.3. The minimum Gasteiger partial charge on any atom is -0.493 e. The Kier molecular flexibility index (Phi) is 23.9. The second-order valence-electron chi connectivity index (χ2n) is 21.5. The van der Waals surface area contributed by atoms with Gasteiger partial charge in [-0.3, -0.25) is 44.7 Å². The zero-order valence-electron chi connectivity index (χ0n) is 50.8. The van der Waals surface area contributed by atoms with E-state index < -0.39 is 90.4 Å². The second-order valence-corrected chi connectivity index (χ2v) is 21.5. The molecule has 1 fully saturated rings. The highest BCUT2D eigenvalue weighted by molar-refractivity contribution is 5.99. The van der Waals surface area contributed by atoms with E-state index in [4.69, 9.17) is 50.7 Å². The maximum Gasteiger partial charge on any atom is 0.415 e. The molecule has 1 spiro atoms. The minimum absolute atomic E-state index is 0.00425. The molecule has 0 radical (unpaired) electrons. The van der Waals surface area contributed by atoms with Crippen LogP contribution in [-0.2, 0) is 45.5 Å².